The molecule has 140 valence electrons. The van der Waals surface area contributed by atoms with Gasteiger partial charge in [0.25, 0.3) is 0 Å². The molecule has 1 aromatic heterocycles. The molecule has 0 saturated carbocycles. The van der Waals surface area contributed by atoms with E-state index < -0.39 is 5.60 Å². The fourth-order valence-electron chi connectivity index (χ4n) is 2.70. The van der Waals surface area contributed by atoms with Gasteiger partial charge in [-0.25, -0.2) is 9.59 Å². The minimum absolute atomic E-state index is 0.290. The van der Waals surface area contributed by atoms with Crippen LogP contribution in [-0.2, 0) is 9.47 Å². The summed E-state index contributed by atoms with van der Waals surface area (Å²) in [5.41, 5.74) is 6.83. The van der Waals surface area contributed by atoms with Crippen LogP contribution in [0.25, 0.3) is 0 Å². The monoisotopic (exact) mass is 369 g/mol. The van der Waals surface area contributed by atoms with Crippen molar-refractivity contribution in [3.63, 3.8) is 0 Å². The molecule has 0 atom stereocenters. The van der Waals surface area contributed by atoms with Crippen molar-refractivity contribution in [3.8, 4) is 0 Å². The lowest BCUT2D eigenvalue weighted by molar-refractivity contribution is 0.0240. The number of nitrogens with two attached hydrogens (primary N) is 1. The summed E-state index contributed by atoms with van der Waals surface area (Å²) >= 11 is 1.39. The standard InChI is InChI=1S/C17H27N3O4S/c1-6-23-15(21)12-11(2)14(25-13(12)18)19-7-9-20(10-8-19)16(22)24-17(3,4)5/h6-10,18H2,1-5H3. The normalized spacial score (nSPS) is 15.2. The summed E-state index contributed by atoms with van der Waals surface area (Å²) in [6.07, 6.45) is -0.290. The van der Waals surface area contributed by atoms with Crippen LogP contribution in [-0.4, -0.2) is 55.3 Å². The Labute approximate surface area is 152 Å². The third-order valence-corrected chi connectivity index (χ3v) is 5.03. The third-order valence-electron chi connectivity index (χ3n) is 3.85. The van der Waals surface area contributed by atoms with Gasteiger partial charge in [0.1, 0.15) is 10.6 Å². The van der Waals surface area contributed by atoms with Crippen LogP contribution in [0, 0.1) is 6.92 Å². The minimum atomic E-state index is -0.498. The Balaban J connectivity index is 2.05. The average molecular weight is 369 g/mol. The van der Waals surface area contributed by atoms with E-state index in [0.29, 0.717) is 43.4 Å². The Hall–Kier alpha value is -1.96. The quantitative estimate of drug-likeness (QED) is 0.825. The van der Waals surface area contributed by atoms with E-state index in [-0.39, 0.29) is 12.1 Å². The lowest BCUT2D eigenvalue weighted by Crippen LogP contribution is -2.50. The van der Waals surface area contributed by atoms with Gasteiger partial charge in [0.2, 0.25) is 0 Å². The molecule has 1 aliphatic rings. The average Bonchev–Trinajstić information content (AvgIpc) is 2.81. The number of nitrogen functional groups attached to an aromatic ring is 1. The van der Waals surface area contributed by atoms with E-state index in [1.54, 1.807) is 11.8 Å². The topological polar surface area (TPSA) is 85.1 Å². The first-order chi connectivity index (χ1) is 11.6. The molecule has 1 amide bonds. The summed E-state index contributed by atoms with van der Waals surface area (Å²) in [5, 5.41) is 1.44. The van der Waals surface area contributed by atoms with Crippen LogP contribution in [0.2, 0.25) is 0 Å². The number of anilines is 2. The molecule has 2 heterocycles. The SMILES string of the molecule is CCOC(=O)c1c(N)sc(N2CCN(C(=O)OC(C)(C)C)CC2)c1C. The van der Waals surface area contributed by atoms with Gasteiger partial charge in [0, 0.05) is 31.7 Å². The third kappa shape index (κ3) is 4.56. The number of hydrogen-bond acceptors (Lipinski definition) is 7. The predicted molar refractivity (Wildman–Crippen MR) is 99.4 cm³/mol. The lowest BCUT2D eigenvalue weighted by Gasteiger charge is -2.36. The molecule has 7 nitrogen and oxygen atoms in total. The van der Waals surface area contributed by atoms with Gasteiger partial charge in [-0.15, -0.1) is 11.3 Å². The van der Waals surface area contributed by atoms with Gasteiger partial charge in [0.05, 0.1) is 17.2 Å². The number of amides is 1. The fraction of sp³-hybridized carbons (Fsp3) is 0.647. The largest absolute Gasteiger partial charge is 0.462 e. The van der Waals surface area contributed by atoms with Gasteiger partial charge in [-0.3, -0.25) is 0 Å². The van der Waals surface area contributed by atoms with E-state index in [1.165, 1.54) is 11.3 Å². The minimum Gasteiger partial charge on any atom is -0.462 e. The summed E-state index contributed by atoms with van der Waals surface area (Å²) in [6, 6.07) is 0. The number of piperazine rings is 1. The maximum Gasteiger partial charge on any atom is 0.410 e. The van der Waals surface area contributed by atoms with E-state index in [2.05, 4.69) is 4.90 Å². The van der Waals surface area contributed by atoms with Crippen LogP contribution >= 0.6 is 11.3 Å². The first-order valence-corrected chi connectivity index (χ1v) is 9.24. The van der Waals surface area contributed by atoms with Crippen LogP contribution in [0.4, 0.5) is 14.8 Å². The molecule has 0 aliphatic carbocycles. The maximum absolute atomic E-state index is 12.1. The second kappa shape index (κ2) is 7.51. The van der Waals surface area contributed by atoms with Crippen molar-refractivity contribution in [2.45, 2.75) is 40.2 Å². The molecule has 2 N–H and O–H groups in total. The van der Waals surface area contributed by atoms with Crippen molar-refractivity contribution < 1.29 is 19.1 Å². The van der Waals surface area contributed by atoms with Crippen molar-refractivity contribution in [1.29, 1.82) is 0 Å². The second-order valence-electron chi connectivity index (χ2n) is 6.95. The number of carbonyl (C=O) groups is 2. The Bertz CT molecular complexity index is 643. The molecule has 0 aromatic carbocycles. The lowest BCUT2D eigenvalue weighted by atomic mass is 10.2. The molecule has 1 fully saturated rings. The fourth-order valence-corrected chi connectivity index (χ4v) is 3.81. The van der Waals surface area contributed by atoms with Gasteiger partial charge in [-0.1, -0.05) is 0 Å². The zero-order valence-corrected chi connectivity index (χ0v) is 16.4. The van der Waals surface area contributed by atoms with E-state index in [1.807, 2.05) is 27.7 Å². The van der Waals surface area contributed by atoms with Crippen LogP contribution in [0.1, 0.15) is 43.6 Å². The molecule has 2 rings (SSSR count). The summed E-state index contributed by atoms with van der Waals surface area (Å²) < 4.78 is 10.5. The number of carbonyl (C=O) groups excluding carboxylic acids is 2. The van der Waals surface area contributed by atoms with Crippen LogP contribution in [0.5, 0.6) is 0 Å². The highest BCUT2D eigenvalue weighted by atomic mass is 32.1. The van der Waals surface area contributed by atoms with Gasteiger partial charge < -0.3 is 25.0 Å². The number of rotatable bonds is 3. The van der Waals surface area contributed by atoms with Gasteiger partial charge in [-0.2, -0.15) is 0 Å². The van der Waals surface area contributed by atoms with Gasteiger partial charge in [-0.05, 0) is 34.6 Å². The first-order valence-electron chi connectivity index (χ1n) is 8.43. The summed E-state index contributed by atoms with van der Waals surface area (Å²) in [6.45, 7) is 12.0. The van der Waals surface area contributed by atoms with Crippen molar-refractivity contribution >= 4 is 33.4 Å². The van der Waals surface area contributed by atoms with E-state index in [4.69, 9.17) is 15.2 Å². The number of thiophene rings is 1. The number of esters is 1. The number of ether oxygens (including phenoxy) is 2. The Kier molecular flexibility index (Phi) is 5.82. The van der Waals surface area contributed by atoms with Gasteiger partial charge in [0.15, 0.2) is 0 Å². The zero-order valence-electron chi connectivity index (χ0n) is 15.5. The maximum atomic E-state index is 12.1. The van der Waals surface area contributed by atoms with Crippen LogP contribution in [0.15, 0.2) is 0 Å². The van der Waals surface area contributed by atoms with Crippen LogP contribution in [0.3, 0.4) is 0 Å². The molecule has 0 spiro atoms. The van der Waals surface area contributed by atoms with Crippen molar-refractivity contribution in [2.75, 3.05) is 43.4 Å². The molecule has 8 heteroatoms. The Morgan fingerprint density at radius 1 is 1.20 bits per heavy atom. The highest BCUT2D eigenvalue weighted by Crippen LogP contribution is 2.38. The molecule has 0 unspecified atom stereocenters. The highest BCUT2D eigenvalue weighted by Gasteiger charge is 2.29. The summed E-state index contributed by atoms with van der Waals surface area (Å²) in [7, 11) is 0. The Morgan fingerprint density at radius 3 is 2.32 bits per heavy atom. The molecule has 25 heavy (non-hydrogen) atoms. The number of nitrogens with zero attached hydrogens (tertiary/aromatic N) is 2. The zero-order chi connectivity index (χ0) is 18.8. The van der Waals surface area contributed by atoms with Crippen molar-refractivity contribution in [2.24, 2.45) is 0 Å². The first kappa shape index (κ1) is 19.4. The van der Waals surface area contributed by atoms with E-state index in [0.717, 1.165) is 10.6 Å². The van der Waals surface area contributed by atoms with E-state index >= 15 is 0 Å². The molecule has 1 saturated heterocycles. The van der Waals surface area contributed by atoms with Gasteiger partial charge >= 0.3 is 12.1 Å². The summed E-state index contributed by atoms with van der Waals surface area (Å²) in [4.78, 5) is 28.1. The summed E-state index contributed by atoms with van der Waals surface area (Å²) in [5.74, 6) is -0.382. The Morgan fingerprint density at radius 2 is 1.80 bits per heavy atom. The van der Waals surface area contributed by atoms with E-state index in [9.17, 15) is 9.59 Å². The van der Waals surface area contributed by atoms with Crippen molar-refractivity contribution in [1.82, 2.24) is 4.90 Å². The molecule has 1 aliphatic heterocycles. The van der Waals surface area contributed by atoms with Crippen LogP contribution < -0.4 is 10.6 Å². The molecule has 0 bridgehead atoms. The smallest absolute Gasteiger partial charge is 0.410 e. The highest BCUT2D eigenvalue weighted by molar-refractivity contribution is 7.20. The molecular weight excluding hydrogens is 342 g/mol. The molecular formula is C17H27N3O4S. The van der Waals surface area contributed by atoms with Crippen molar-refractivity contribution in [3.05, 3.63) is 11.1 Å². The number of hydrogen-bond donors (Lipinski definition) is 1. The predicted octanol–water partition coefficient (Wildman–Crippen LogP) is 2.87. The molecule has 1 aromatic rings. The second-order valence-corrected chi connectivity index (χ2v) is 7.98. The molecule has 0 radical (unpaired) electrons.